The molecule has 1 aromatic rings. The Balaban J connectivity index is 3.22. The predicted octanol–water partition coefficient (Wildman–Crippen LogP) is -0.365. The minimum Gasteiger partial charge on any atom is -0.364 e. The van der Waals surface area contributed by atoms with Gasteiger partial charge in [-0.25, -0.2) is 4.79 Å². The van der Waals surface area contributed by atoms with Crippen LogP contribution >= 0.6 is 0 Å². The first kappa shape index (κ1) is 7.16. The topological polar surface area (TPSA) is 110 Å². The Labute approximate surface area is 90.3 Å². The van der Waals surface area contributed by atoms with Gasteiger partial charge in [-0.05, 0) is 18.5 Å². The van der Waals surface area contributed by atoms with E-state index in [1.165, 1.54) is 7.05 Å². The zero-order valence-electron chi connectivity index (χ0n) is 10.9. The van der Waals surface area contributed by atoms with Gasteiger partial charge in [0.25, 0.3) is 5.91 Å². The number of rotatable bonds is 2. The lowest BCUT2D eigenvalue weighted by molar-refractivity contribution is 0.0994. The van der Waals surface area contributed by atoms with Crippen LogP contribution in [0.4, 0.5) is 10.6 Å². The molecule has 3 amide bonds. The van der Waals surface area contributed by atoms with Crippen LogP contribution in [0.1, 0.15) is 20.2 Å². The maximum atomic E-state index is 11.0. The Kier molecular flexibility index (Phi) is 2.08. The fraction of sp³-hybridized carbons (Fsp3) is 0.250. The van der Waals surface area contributed by atoms with E-state index in [2.05, 4.69) is 20.8 Å². The van der Waals surface area contributed by atoms with Gasteiger partial charge in [-0.3, -0.25) is 10.1 Å². The maximum Gasteiger partial charge on any atom is 0.320 e. The van der Waals surface area contributed by atoms with Crippen molar-refractivity contribution in [2.24, 2.45) is 5.73 Å². The molecule has 0 atom stereocenters. The number of nitrogens with two attached hydrogens (primary N) is 1. The summed E-state index contributed by atoms with van der Waals surface area (Å²) < 4.78 is 21.8. The minimum absolute atomic E-state index is 0.0922. The van der Waals surface area contributed by atoms with Gasteiger partial charge in [-0.1, -0.05) is 0 Å². The smallest absolute Gasteiger partial charge is 0.320 e. The van der Waals surface area contributed by atoms with Crippen LogP contribution in [-0.4, -0.2) is 29.2 Å². The van der Waals surface area contributed by atoms with Gasteiger partial charge < -0.3 is 11.1 Å². The SMILES string of the molecule is [2H]C([2H])([2H])c1cc(NC(=O)NC)nnc1C(N)=O. The first-order valence-corrected chi connectivity index (χ1v) is 3.92. The van der Waals surface area contributed by atoms with E-state index in [1.807, 2.05) is 0 Å². The number of nitrogens with one attached hydrogen (secondary N) is 2. The zero-order chi connectivity index (χ0) is 13.9. The molecule has 0 aliphatic heterocycles. The highest BCUT2D eigenvalue weighted by molar-refractivity contribution is 5.93. The molecule has 7 nitrogen and oxygen atoms in total. The van der Waals surface area contributed by atoms with Crippen LogP contribution in [0.15, 0.2) is 6.07 Å². The van der Waals surface area contributed by atoms with E-state index in [4.69, 9.17) is 9.85 Å². The van der Waals surface area contributed by atoms with Crippen molar-refractivity contribution in [2.45, 2.75) is 6.85 Å². The van der Waals surface area contributed by atoms with E-state index in [9.17, 15) is 9.59 Å². The van der Waals surface area contributed by atoms with Gasteiger partial charge in [0.1, 0.15) is 0 Å². The largest absolute Gasteiger partial charge is 0.364 e. The highest BCUT2D eigenvalue weighted by Gasteiger charge is 2.09. The third-order valence-electron chi connectivity index (χ3n) is 1.50. The van der Waals surface area contributed by atoms with Crippen LogP contribution in [-0.2, 0) is 0 Å². The average Bonchev–Trinajstić information content (AvgIpc) is 2.27. The lowest BCUT2D eigenvalue weighted by atomic mass is 10.2. The van der Waals surface area contributed by atoms with Crippen molar-refractivity contribution in [3.05, 3.63) is 17.3 Å². The van der Waals surface area contributed by atoms with Crippen LogP contribution in [0.2, 0.25) is 0 Å². The van der Waals surface area contributed by atoms with Crippen LogP contribution in [0.5, 0.6) is 0 Å². The molecule has 7 heteroatoms. The van der Waals surface area contributed by atoms with Crippen LogP contribution in [0.25, 0.3) is 0 Å². The Bertz CT molecular complexity index is 488. The number of carbonyl (C=O) groups excluding carboxylic acids is 2. The van der Waals surface area contributed by atoms with E-state index in [1.54, 1.807) is 0 Å². The monoisotopic (exact) mass is 212 g/mol. The molecule has 0 saturated heterocycles. The number of primary amides is 1. The molecule has 1 rings (SSSR count). The minimum atomic E-state index is -2.58. The van der Waals surface area contributed by atoms with Gasteiger partial charge in [0.15, 0.2) is 11.5 Å². The predicted molar refractivity (Wildman–Crippen MR) is 53.4 cm³/mol. The van der Waals surface area contributed by atoms with E-state index >= 15 is 0 Å². The number of anilines is 1. The number of hydrogen-bond acceptors (Lipinski definition) is 4. The maximum absolute atomic E-state index is 11.0. The number of urea groups is 1. The second-order valence-corrected chi connectivity index (χ2v) is 2.56. The van der Waals surface area contributed by atoms with Crippen molar-refractivity contribution < 1.29 is 13.7 Å². The summed E-state index contributed by atoms with van der Waals surface area (Å²) in [5.41, 5.74) is 4.19. The molecule has 1 aromatic heterocycles. The number of amides is 3. The van der Waals surface area contributed by atoms with Gasteiger partial charge in [-0.15, -0.1) is 10.2 Å². The summed E-state index contributed by atoms with van der Waals surface area (Å²) in [7, 11) is 1.38. The fourth-order valence-electron chi connectivity index (χ4n) is 0.814. The van der Waals surface area contributed by atoms with Gasteiger partial charge in [0, 0.05) is 11.2 Å². The van der Waals surface area contributed by atoms with Gasteiger partial charge >= 0.3 is 6.03 Å². The highest BCUT2D eigenvalue weighted by Crippen LogP contribution is 2.08. The molecule has 4 N–H and O–H groups in total. The Morgan fingerprint density at radius 1 is 1.53 bits per heavy atom. The molecule has 0 radical (unpaired) electrons. The van der Waals surface area contributed by atoms with E-state index in [0.717, 1.165) is 6.07 Å². The quantitative estimate of drug-likeness (QED) is 0.621. The van der Waals surface area contributed by atoms with Crippen LogP contribution < -0.4 is 16.4 Å². The zero-order valence-corrected chi connectivity index (χ0v) is 7.87. The molecule has 0 aromatic carbocycles. The van der Waals surface area contributed by atoms with Crippen LogP contribution in [0.3, 0.4) is 0 Å². The van der Waals surface area contributed by atoms with Crippen molar-refractivity contribution in [2.75, 3.05) is 12.4 Å². The summed E-state index contributed by atoms with van der Waals surface area (Å²) in [5.74, 6) is -1.09. The lowest BCUT2D eigenvalue weighted by Gasteiger charge is -2.04. The second-order valence-electron chi connectivity index (χ2n) is 2.56. The summed E-state index contributed by atoms with van der Waals surface area (Å²) in [5, 5.41) is 11.4. The molecule has 1 heterocycles. The van der Waals surface area contributed by atoms with E-state index in [0.29, 0.717) is 0 Å². The number of aryl methyl sites for hydroxylation is 1. The number of hydrogen-bond donors (Lipinski definition) is 3. The summed E-state index contributed by atoms with van der Waals surface area (Å²) in [6, 6.07) is 0.447. The van der Waals surface area contributed by atoms with Crippen molar-refractivity contribution in [1.29, 1.82) is 0 Å². The number of aromatic nitrogens is 2. The molecule has 80 valence electrons. The van der Waals surface area contributed by atoms with E-state index < -0.39 is 24.5 Å². The molecule has 0 aliphatic rings. The molecule has 0 spiro atoms. The second kappa shape index (κ2) is 4.36. The highest BCUT2D eigenvalue weighted by atomic mass is 16.2. The Hall–Kier alpha value is -2.18. The molecule has 0 fully saturated rings. The summed E-state index contributed by atoms with van der Waals surface area (Å²) in [6.45, 7) is -2.58. The molecular weight excluding hydrogens is 198 g/mol. The standard InChI is InChI=1S/C8H11N5O2/c1-4-3-5(11-8(15)10-2)12-13-6(4)7(9)14/h3H,1-2H3,(H2,9,14)(H2,10,11,12,15)/i1D3. The molecule has 0 aliphatic carbocycles. The summed E-state index contributed by atoms with van der Waals surface area (Å²) in [6.07, 6.45) is 0. The van der Waals surface area contributed by atoms with Crippen molar-refractivity contribution in [3.8, 4) is 0 Å². The summed E-state index contributed by atoms with van der Waals surface area (Å²) in [4.78, 5) is 22.1. The van der Waals surface area contributed by atoms with Crippen molar-refractivity contribution >= 4 is 17.8 Å². The molecule has 15 heavy (non-hydrogen) atoms. The van der Waals surface area contributed by atoms with Crippen molar-refractivity contribution in [1.82, 2.24) is 15.5 Å². The van der Waals surface area contributed by atoms with Gasteiger partial charge in [0.2, 0.25) is 0 Å². The molecular formula is C8H11N5O2. The van der Waals surface area contributed by atoms with Gasteiger partial charge in [0.05, 0.1) is 0 Å². The number of nitrogens with zero attached hydrogens (tertiary/aromatic N) is 2. The Morgan fingerprint density at radius 3 is 2.80 bits per heavy atom. The normalized spacial score (nSPS) is 13.3. The number of carbonyl (C=O) groups is 2. The molecule has 0 bridgehead atoms. The summed E-state index contributed by atoms with van der Waals surface area (Å²) >= 11 is 0. The third kappa shape index (κ3) is 2.63. The molecule has 0 unspecified atom stereocenters. The molecule has 0 saturated carbocycles. The Morgan fingerprint density at radius 2 is 2.27 bits per heavy atom. The lowest BCUT2D eigenvalue weighted by Crippen LogP contribution is -2.25. The first-order chi connectivity index (χ1) is 8.25. The first-order valence-electron chi connectivity index (χ1n) is 5.42. The van der Waals surface area contributed by atoms with Crippen LogP contribution in [0, 0.1) is 6.85 Å². The average molecular weight is 212 g/mol. The van der Waals surface area contributed by atoms with Gasteiger partial charge in [-0.2, -0.15) is 0 Å². The van der Waals surface area contributed by atoms with Crippen molar-refractivity contribution in [3.63, 3.8) is 0 Å². The third-order valence-corrected chi connectivity index (χ3v) is 1.50. The fourth-order valence-corrected chi connectivity index (χ4v) is 0.814. The van der Waals surface area contributed by atoms with E-state index in [-0.39, 0.29) is 11.4 Å².